The van der Waals surface area contributed by atoms with Gasteiger partial charge in [0.15, 0.2) is 0 Å². The van der Waals surface area contributed by atoms with E-state index in [1.807, 2.05) is 0 Å². The van der Waals surface area contributed by atoms with E-state index in [1.54, 1.807) is 6.92 Å². The monoisotopic (exact) mass is 199 g/mol. The molecule has 0 bridgehead atoms. The third-order valence-electron chi connectivity index (χ3n) is 3.14. The average molecular weight is 199 g/mol. The molecule has 1 saturated carbocycles. The Kier molecular flexibility index (Phi) is 4.39. The lowest BCUT2D eigenvalue weighted by Gasteiger charge is -2.32. The Labute approximate surface area is 86.1 Å². The fraction of sp³-hybridized carbons (Fsp3) is 0.909. The van der Waals surface area contributed by atoms with E-state index >= 15 is 0 Å². The third-order valence-corrected chi connectivity index (χ3v) is 3.14. The molecular weight excluding hydrogens is 178 g/mol. The van der Waals surface area contributed by atoms with Gasteiger partial charge in [-0.15, -0.1) is 0 Å². The first-order valence-electron chi connectivity index (χ1n) is 5.58. The SMILES string of the molecule is CCN(CC1CCC1)CC(C)C(=O)O. The summed E-state index contributed by atoms with van der Waals surface area (Å²) in [4.78, 5) is 13.0. The number of carboxylic acid groups (broad SMARTS) is 1. The van der Waals surface area contributed by atoms with E-state index in [-0.39, 0.29) is 5.92 Å². The van der Waals surface area contributed by atoms with Crippen molar-refractivity contribution in [2.75, 3.05) is 19.6 Å². The number of rotatable bonds is 6. The van der Waals surface area contributed by atoms with Crippen LogP contribution in [0.4, 0.5) is 0 Å². The third kappa shape index (κ3) is 3.29. The molecule has 3 heteroatoms. The molecule has 0 aliphatic heterocycles. The van der Waals surface area contributed by atoms with Gasteiger partial charge in [-0.05, 0) is 25.3 Å². The van der Waals surface area contributed by atoms with Gasteiger partial charge in [-0.2, -0.15) is 0 Å². The number of carbonyl (C=O) groups is 1. The van der Waals surface area contributed by atoms with Gasteiger partial charge in [0.2, 0.25) is 0 Å². The van der Waals surface area contributed by atoms with Crippen LogP contribution in [0.25, 0.3) is 0 Å². The Bertz CT molecular complexity index is 190. The van der Waals surface area contributed by atoms with Crippen LogP contribution in [0, 0.1) is 11.8 Å². The number of aliphatic carboxylic acids is 1. The summed E-state index contributed by atoms with van der Waals surface area (Å²) in [7, 11) is 0. The van der Waals surface area contributed by atoms with E-state index in [4.69, 9.17) is 5.11 Å². The summed E-state index contributed by atoms with van der Waals surface area (Å²) in [5.74, 6) is -0.0944. The normalized spacial score (nSPS) is 19.4. The molecule has 0 heterocycles. The van der Waals surface area contributed by atoms with E-state index < -0.39 is 5.97 Å². The molecule has 0 amide bonds. The first kappa shape index (κ1) is 11.5. The van der Waals surface area contributed by atoms with Crippen molar-refractivity contribution in [2.24, 2.45) is 11.8 Å². The Balaban J connectivity index is 2.26. The number of carboxylic acids is 1. The Morgan fingerprint density at radius 1 is 1.57 bits per heavy atom. The summed E-state index contributed by atoms with van der Waals surface area (Å²) < 4.78 is 0. The quantitative estimate of drug-likeness (QED) is 0.709. The van der Waals surface area contributed by atoms with Crippen LogP contribution in [-0.4, -0.2) is 35.6 Å². The Hall–Kier alpha value is -0.570. The van der Waals surface area contributed by atoms with Crippen LogP contribution in [0.5, 0.6) is 0 Å². The second-order valence-corrected chi connectivity index (χ2v) is 4.39. The second kappa shape index (κ2) is 5.35. The van der Waals surface area contributed by atoms with Gasteiger partial charge in [0.1, 0.15) is 0 Å². The first-order valence-corrected chi connectivity index (χ1v) is 5.58. The predicted molar refractivity (Wildman–Crippen MR) is 56.3 cm³/mol. The minimum atomic E-state index is -0.683. The van der Waals surface area contributed by atoms with E-state index in [1.165, 1.54) is 19.3 Å². The molecule has 1 fully saturated rings. The molecule has 1 aliphatic carbocycles. The van der Waals surface area contributed by atoms with Gasteiger partial charge in [-0.3, -0.25) is 4.79 Å². The molecule has 1 atom stereocenters. The number of nitrogens with zero attached hydrogens (tertiary/aromatic N) is 1. The zero-order chi connectivity index (χ0) is 10.6. The zero-order valence-electron chi connectivity index (χ0n) is 9.20. The van der Waals surface area contributed by atoms with Crippen molar-refractivity contribution in [2.45, 2.75) is 33.1 Å². The second-order valence-electron chi connectivity index (χ2n) is 4.39. The maximum Gasteiger partial charge on any atom is 0.307 e. The standard InChI is InChI=1S/C11H21NO2/c1-3-12(7-9(2)11(13)14)8-10-5-4-6-10/h9-10H,3-8H2,1-2H3,(H,13,14). The van der Waals surface area contributed by atoms with E-state index in [0.29, 0.717) is 6.54 Å². The molecule has 1 rings (SSSR count). The van der Waals surface area contributed by atoms with Crippen molar-refractivity contribution in [3.63, 3.8) is 0 Å². The van der Waals surface area contributed by atoms with Crippen molar-refractivity contribution in [3.05, 3.63) is 0 Å². The highest BCUT2D eigenvalue weighted by Crippen LogP contribution is 2.27. The van der Waals surface area contributed by atoms with E-state index in [2.05, 4.69) is 11.8 Å². The van der Waals surface area contributed by atoms with Gasteiger partial charge >= 0.3 is 5.97 Å². The summed E-state index contributed by atoms with van der Waals surface area (Å²) in [6.07, 6.45) is 4.02. The predicted octanol–water partition coefficient (Wildman–Crippen LogP) is 1.83. The first-order chi connectivity index (χ1) is 6.63. The van der Waals surface area contributed by atoms with Crippen molar-refractivity contribution in [1.29, 1.82) is 0 Å². The molecule has 1 N–H and O–H groups in total. The highest BCUT2D eigenvalue weighted by Gasteiger charge is 2.22. The van der Waals surface area contributed by atoms with Crippen LogP contribution in [0.2, 0.25) is 0 Å². The number of hydrogen-bond donors (Lipinski definition) is 1. The maximum atomic E-state index is 10.7. The van der Waals surface area contributed by atoms with Crippen molar-refractivity contribution >= 4 is 5.97 Å². The molecule has 82 valence electrons. The summed E-state index contributed by atoms with van der Waals surface area (Å²) in [6, 6.07) is 0. The highest BCUT2D eigenvalue weighted by molar-refractivity contribution is 5.69. The van der Waals surface area contributed by atoms with Gasteiger partial charge in [-0.1, -0.05) is 20.3 Å². The fourth-order valence-electron chi connectivity index (χ4n) is 1.84. The van der Waals surface area contributed by atoms with Gasteiger partial charge in [0.05, 0.1) is 5.92 Å². The Morgan fingerprint density at radius 3 is 2.57 bits per heavy atom. The lowest BCUT2D eigenvalue weighted by Crippen LogP contribution is -2.37. The maximum absolute atomic E-state index is 10.7. The molecule has 0 aromatic carbocycles. The highest BCUT2D eigenvalue weighted by atomic mass is 16.4. The van der Waals surface area contributed by atoms with Crippen LogP contribution < -0.4 is 0 Å². The molecular formula is C11H21NO2. The topological polar surface area (TPSA) is 40.5 Å². The molecule has 0 spiro atoms. The van der Waals surface area contributed by atoms with E-state index in [0.717, 1.165) is 19.0 Å². The van der Waals surface area contributed by atoms with Crippen LogP contribution >= 0.6 is 0 Å². The van der Waals surface area contributed by atoms with Gasteiger partial charge < -0.3 is 10.0 Å². The van der Waals surface area contributed by atoms with Crippen LogP contribution in [0.15, 0.2) is 0 Å². The summed E-state index contributed by atoms with van der Waals surface area (Å²) >= 11 is 0. The van der Waals surface area contributed by atoms with Gasteiger partial charge in [-0.25, -0.2) is 0 Å². The molecule has 1 unspecified atom stereocenters. The largest absolute Gasteiger partial charge is 0.481 e. The Morgan fingerprint density at radius 2 is 2.21 bits per heavy atom. The van der Waals surface area contributed by atoms with E-state index in [9.17, 15) is 4.79 Å². The molecule has 0 saturated heterocycles. The molecule has 0 radical (unpaired) electrons. The van der Waals surface area contributed by atoms with Crippen LogP contribution in [0.3, 0.4) is 0 Å². The molecule has 0 aromatic heterocycles. The fourth-order valence-corrected chi connectivity index (χ4v) is 1.84. The average Bonchev–Trinajstić information content (AvgIpc) is 2.08. The molecule has 3 nitrogen and oxygen atoms in total. The minimum Gasteiger partial charge on any atom is -0.481 e. The zero-order valence-corrected chi connectivity index (χ0v) is 9.20. The summed E-state index contributed by atoms with van der Waals surface area (Å²) in [6.45, 7) is 6.64. The van der Waals surface area contributed by atoms with Gasteiger partial charge in [0, 0.05) is 13.1 Å². The molecule has 0 aromatic rings. The minimum absolute atomic E-state index is 0.241. The van der Waals surface area contributed by atoms with Crippen molar-refractivity contribution in [1.82, 2.24) is 4.90 Å². The van der Waals surface area contributed by atoms with Gasteiger partial charge in [0.25, 0.3) is 0 Å². The van der Waals surface area contributed by atoms with Crippen molar-refractivity contribution < 1.29 is 9.90 Å². The van der Waals surface area contributed by atoms with Crippen LogP contribution in [-0.2, 0) is 4.79 Å². The lowest BCUT2D eigenvalue weighted by atomic mass is 9.85. The molecule has 1 aliphatic rings. The smallest absolute Gasteiger partial charge is 0.307 e. The lowest BCUT2D eigenvalue weighted by molar-refractivity contribution is -0.141. The summed E-state index contributed by atoms with van der Waals surface area (Å²) in [5, 5.41) is 8.81. The number of hydrogen-bond acceptors (Lipinski definition) is 2. The summed E-state index contributed by atoms with van der Waals surface area (Å²) in [5.41, 5.74) is 0. The van der Waals surface area contributed by atoms with Crippen LogP contribution in [0.1, 0.15) is 33.1 Å². The van der Waals surface area contributed by atoms with Crippen molar-refractivity contribution in [3.8, 4) is 0 Å². The molecule has 14 heavy (non-hydrogen) atoms.